The minimum atomic E-state index is -0.0183. The van der Waals surface area contributed by atoms with Crippen molar-refractivity contribution in [1.29, 1.82) is 0 Å². The molecule has 0 amide bonds. The third-order valence-electron chi connectivity index (χ3n) is 2.61. The standard InChI is InChI=1S/C14H19NO/c1-10(2)9-15-14-7-5-13(6-8-14)11(3)12(4)16/h5-8,11,15H,1,9H2,2-4H3. The Bertz CT molecular complexity index is 378. The first-order chi connectivity index (χ1) is 7.50. The molecule has 16 heavy (non-hydrogen) atoms. The summed E-state index contributed by atoms with van der Waals surface area (Å²) in [4.78, 5) is 11.2. The molecule has 0 aromatic heterocycles. The molecule has 0 saturated heterocycles. The number of carbonyl (C=O) groups excluding carboxylic acids is 1. The van der Waals surface area contributed by atoms with E-state index < -0.39 is 0 Å². The van der Waals surface area contributed by atoms with Gasteiger partial charge in [0.05, 0.1) is 0 Å². The molecule has 1 aromatic carbocycles. The maximum atomic E-state index is 11.2. The Morgan fingerprint density at radius 2 is 1.88 bits per heavy atom. The second-order valence-corrected chi connectivity index (χ2v) is 4.27. The van der Waals surface area contributed by atoms with Crippen LogP contribution in [0.1, 0.15) is 32.3 Å². The molecule has 0 radical (unpaired) electrons. The summed E-state index contributed by atoms with van der Waals surface area (Å²) in [7, 11) is 0. The van der Waals surface area contributed by atoms with E-state index in [0.717, 1.165) is 23.4 Å². The van der Waals surface area contributed by atoms with Crippen LogP contribution < -0.4 is 5.32 Å². The topological polar surface area (TPSA) is 29.1 Å². The zero-order chi connectivity index (χ0) is 12.1. The monoisotopic (exact) mass is 217 g/mol. The Kier molecular flexibility index (Phi) is 4.29. The number of hydrogen-bond acceptors (Lipinski definition) is 2. The zero-order valence-corrected chi connectivity index (χ0v) is 10.2. The highest BCUT2D eigenvalue weighted by atomic mass is 16.1. The Labute approximate surface area is 97.4 Å². The summed E-state index contributed by atoms with van der Waals surface area (Å²) in [6, 6.07) is 7.98. The molecule has 1 unspecified atom stereocenters. The van der Waals surface area contributed by atoms with Gasteiger partial charge >= 0.3 is 0 Å². The van der Waals surface area contributed by atoms with Crippen molar-refractivity contribution in [2.45, 2.75) is 26.7 Å². The summed E-state index contributed by atoms with van der Waals surface area (Å²) in [5, 5.41) is 3.25. The van der Waals surface area contributed by atoms with Gasteiger partial charge in [-0.2, -0.15) is 0 Å². The fourth-order valence-electron chi connectivity index (χ4n) is 1.38. The lowest BCUT2D eigenvalue weighted by Gasteiger charge is -2.10. The fourth-order valence-corrected chi connectivity index (χ4v) is 1.38. The molecule has 0 aliphatic rings. The van der Waals surface area contributed by atoms with E-state index in [1.54, 1.807) is 6.92 Å². The first kappa shape index (κ1) is 12.5. The molecule has 0 bridgehead atoms. The Hall–Kier alpha value is -1.57. The van der Waals surface area contributed by atoms with Crippen LogP contribution >= 0.6 is 0 Å². The van der Waals surface area contributed by atoms with Crippen molar-refractivity contribution in [2.75, 3.05) is 11.9 Å². The number of hydrogen-bond donors (Lipinski definition) is 1. The third kappa shape index (κ3) is 3.54. The van der Waals surface area contributed by atoms with Gasteiger partial charge in [0.15, 0.2) is 0 Å². The van der Waals surface area contributed by atoms with E-state index in [4.69, 9.17) is 0 Å². The smallest absolute Gasteiger partial charge is 0.136 e. The number of rotatable bonds is 5. The molecule has 0 saturated carbocycles. The molecule has 0 aliphatic carbocycles. The number of anilines is 1. The van der Waals surface area contributed by atoms with E-state index in [0.29, 0.717) is 0 Å². The first-order valence-electron chi connectivity index (χ1n) is 5.49. The van der Waals surface area contributed by atoms with Crippen molar-refractivity contribution in [3.8, 4) is 0 Å². The van der Waals surface area contributed by atoms with Gasteiger partial charge in [-0.1, -0.05) is 31.2 Å². The van der Waals surface area contributed by atoms with Crippen LogP contribution in [-0.2, 0) is 4.79 Å². The molecule has 86 valence electrons. The molecule has 1 aromatic rings. The van der Waals surface area contributed by atoms with Crippen LogP contribution in [-0.4, -0.2) is 12.3 Å². The quantitative estimate of drug-likeness (QED) is 0.766. The lowest BCUT2D eigenvalue weighted by Crippen LogP contribution is -2.05. The fraction of sp³-hybridized carbons (Fsp3) is 0.357. The summed E-state index contributed by atoms with van der Waals surface area (Å²) >= 11 is 0. The van der Waals surface area contributed by atoms with Crippen molar-refractivity contribution < 1.29 is 4.79 Å². The van der Waals surface area contributed by atoms with E-state index in [9.17, 15) is 4.79 Å². The molecule has 0 spiro atoms. The third-order valence-corrected chi connectivity index (χ3v) is 2.61. The van der Waals surface area contributed by atoms with Gasteiger partial charge < -0.3 is 5.32 Å². The minimum Gasteiger partial charge on any atom is -0.381 e. The van der Waals surface area contributed by atoms with Gasteiger partial charge in [0.25, 0.3) is 0 Å². The maximum Gasteiger partial charge on any atom is 0.136 e. The Morgan fingerprint density at radius 3 is 2.31 bits per heavy atom. The van der Waals surface area contributed by atoms with Crippen LogP contribution in [0.4, 0.5) is 5.69 Å². The van der Waals surface area contributed by atoms with Gasteiger partial charge in [-0.3, -0.25) is 4.79 Å². The highest BCUT2D eigenvalue weighted by molar-refractivity contribution is 5.83. The lowest BCUT2D eigenvalue weighted by molar-refractivity contribution is -0.118. The predicted molar refractivity (Wildman–Crippen MR) is 68.8 cm³/mol. The van der Waals surface area contributed by atoms with E-state index >= 15 is 0 Å². The average molecular weight is 217 g/mol. The van der Waals surface area contributed by atoms with Gasteiger partial charge in [-0.15, -0.1) is 0 Å². The van der Waals surface area contributed by atoms with Crippen molar-refractivity contribution in [3.05, 3.63) is 42.0 Å². The summed E-state index contributed by atoms with van der Waals surface area (Å²) in [5.74, 6) is 0.179. The van der Waals surface area contributed by atoms with E-state index in [2.05, 4.69) is 11.9 Å². The number of nitrogens with one attached hydrogen (secondary N) is 1. The van der Waals surface area contributed by atoms with E-state index in [1.165, 1.54) is 0 Å². The molecule has 2 nitrogen and oxygen atoms in total. The second-order valence-electron chi connectivity index (χ2n) is 4.27. The van der Waals surface area contributed by atoms with Crippen LogP contribution in [0.3, 0.4) is 0 Å². The number of benzene rings is 1. The number of ketones is 1. The molecular weight excluding hydrogens is 198 g/mol. The SMILES string of the molecule is C=C(C)CNc1ccc(C(C)C(C)=O)cc1. The summed E-state index contributed by atoms with van der Waals surface area (Å²) in [6.07, 6.45) is 0. The molecule has 1 N–H and O–H groups in total. The van der Waals surface area contributed by atoms with Gasteiger partial charge in [-0.25, -0.2) is 0 Å². The largest absolute Gasteiger partial charge is 0.381 e. The Balaban J connectivity index is 2.67. The zero-order valence-electron chi connectivity index (χ0n) is 10.2. The predicted octanol–water partition coefficient (Wildman–Crippen LogP) is 3.37. The van der Waals surface area contributed by atoms with Gasteiger partial charge in [-0.05, 0) is 31.5 Å². The molecular formula is C14H19NO. The van der Waals surface area contributed by atoms with Crippen molar-refractivity contribution in [2.24, 2.45) is 0 Å². The number of Topliss-reactive ketones (excluding diaryl/α,β-unsaturated/α-hetero) is 1. The summed E-state index contributed by atoms with van der Waals surface area (Å²) in [5.41, 5.74) is 3.22. The second kappa shape index (κ2) is 5.50. The van der Waals surface area contributed by atoms with Crippen LogP contribution in [0.2, 0.25) is 0 Å². The molecule has 1 atom stereocenters. The summed E-state index contributed by atoms with van der Waals surface area (Å²) in [6.45, 7) is 10.1. The highest BCUT2D eigenvalue weighted by Crippen LogP contribution is 2.18. The maximum absolute atomic E-state index is 11.2. The molecule has 0 aliphatic heterocycles. The van der Waals surface area contributed by atoms with E-state index in [1.807, 2.05) is 38.1 Å². The Morgan fingerprint density at radius 1 is 1.31 bits per heavy atom. The van der Waals surface area contributed by atoms with Gasteiger partial charge in [0.1, 0.15) is 5.78 Å². The van der Waals surface area contributed by atoms with Gasteiger partial charge in [0.2, 0.25) is 0 Å². The van der Waals surface area contributed by atoms with Crippen molar-refractivity contribution in [3.63, 3.8) is 0 Å². The molecule has 2 heteroatoms. The van der Waals surface area contributed by atoms with Crippen molar-refractivity contribution >= 4 is 11.5 Å². The average Bonchev–Trinajstić information content (AvgIpc) is 2.26. The van der Waals surface area contributed by atoms with E-state index in [-0.39, 0.29) is 11.7 Å². The summed E-state index contributed by atoms with van der Waals surface area (Å²) < 4.78 is 0. The lowest BCUT2D eigenvalue weighted by atomic mass is 9.97. The molecule has 0 fully saturated rings. The highest BCUT2D eigenvalue weighted by Gasteiger charge is 2.09. The first-order valence-corrected chi connectivity index (χ1v) is 5.49. The number of carbonyl (C=O) groups is 1. The normalized spacial score (nSPS) is 11.9. The van der Waals surface area contributed by atoms with Crippen LogP contribution in [0.25, 0.3) is 0 Å². The molecule has 0 heterocycles. The van der Waals surface area contributed by atoms with Crippen LogP contribution in [0.5, 0.6) is 0 Å². The molecule has 1 rings (SSSR count). The minimum absolute atomic E-state index is 0.0183. The van der Waals surface area contributed by atoms with Crippen LogP contribution in [0, 0.1) is 0 Å². The van der Waals surface area contributed by atoms with Crippen molar-refractivity contribution in [1.82, 2.24) is 0 Å². The van der Waals surface area contributed by atoms with Crippen LogP contribution in [0.15, 0.2) is 36.4 Å². The van der Waals surface area contributed by atoms with Gasteiger partial charge in [0, 0.05) is 18.2 Å².